The topological polar surface area (TPSA) is 83.6 Å². The monoisotopic (exact) mass is 413 g/mol. The van der Waals surface area contributed by atoms with Crippen molar-refractivity contribution in [2.24, 2.45) is 10.2 Å². The minimum absolute atomic E-state index is 0.219. The van der Waals surface area contributed by atoms with Crippen LogP contribution in [-0.4, -0.2) is 20.1 Å². The first-order valence-electron chi connectivity index (χ1n) is 7.74. The Kier molecular flexibility index (Phi) is 5.18. The van der Waals surface area contributed by atoms with E-state index in [-0.39, 0.29) is 11.3 Å². The summed E-state index contributed by atoms with van der Waals surface area (Å²) >= 11 is 0. The molecule has 150 valence electrons. The molecule has 0 spiro atoms. The van der Waals surface area contributed by atoms with Crippen molar-refractivity contribution in [3.63, 3.8) is 0 Å². The molecule has 2 heterocycles. The van der Waals surface area contributed by atoms with Crippen molar-refractivity contribution in [1.82, 2.24) is 15.0 Å². The van der Waals surface area contributed by atoms with Crippen LogP contribution in [0.3, 0.4) is 0 Å². The number of alkyl halides is 6. The third kappa shape index (κ3) is 4.65. The first-order chi connectivity index (χ1) is 13.6. The van der Waals surface area contributed by atoms with Gasteiger partial charge in [0.2, 0.25) is 5.88 Å². The lowest BCUT2D eigenvalue weighted by Crippen LogP contribution is -2.11. The zero-order chi connectivity index (χ0) is 21.2. The lowest BCUT2D eigenvalue weighted by Gasteiger charge is -2.11. The Hall–Kier alpha value is -3.57. The fourth-order valence-corrected chi connectivity index (χ4v) is 2.16. The van der Waals surface area contributed by atoms with Crippen molar-refractivity contribution < 1.29 is 31.4 Å². The molecule has 6 nitrogen and oxygen atoms in total. The molecule has 0 atom stereocenters. The molecule has 12 heteroatoms. The van der Waals surface area contributed by atoms with Gasteiger partial charge in [0.05, 0.1) is 5.69 Å². The zero-order valence-corrected chi connectivity index (χ0v) is 14.1. The highest BCUT2D eigenvalue weighted by Crippen LogP contribution is 2.41. The van der Waals surface area contributed by atoms with Gasteiger partial charge in [-0.3, -0.25) is 4.98 Å². The molecule has 29 heavy (non-hydrogen) atoms. The fraction of sp³-hybridized carbons (Fsp3) is 0.118. The second kappa shape index (κ2) is 7.45. The van der Waals surface area contributed by atoms with Gasteiger partial charge >= 0.3 is 12.4 Å². The van der Waals surface area contributed by atoms with Gasteiger partial charge in [-0.1, -0.05) is 18.2 Å². The van der Waals surface area contributed by atoms with E-state index in [0.717, 1.165) is 6.07 Å². The van der Waals surface area contributed by atoms with Gasteiger partial charge in [0, 0.05) is 11.8 Å². The van der Waals surface area contributed by atoms with Gasteiger partial charge in [0.1, 0.15) is 5.69 Å². The van der Waals surface area contributed by atoms with Gasteiger partial charge in [-0.15, -0.1) is 5.11 Å². The van der Waals surface area contributed by atoms with E-state index in [0.29, 0.717) is 12.3 Å². The number of hydrogen-bond acceptors (Lipinski definition) is 6. The SMILES string of the molecule is Oc1nc(-c2ccc(C(F)(F)F)nc2)nc(C(F)(F)F)c1/N=N/c1ccccc1. The van der Waals surface area contributed by atoms with E-state index in [9.17, 15) is 31.4 Å². The molecule has 3 aromatic rings. The predicted molar refractivity (Wildman–Crippen MR) is 87.5 cm³/mol. The highest BCUT2D eigenvalue weighted by molar-refractivity contribution is 5.61. The van der Waals surface area contributed by atoms with Crippen molar-refractivity contribution in [1.29, 1.82) is 0 Å². The molecule has 0 radical (unpaired) electrons. The summed E-state index contributed by atoms with van der Waals surface area (Å²) < 4.78 is 77.9. The van der Waals surface area contributed by atoms with E-state index in [1.165, 1.54) is 12.1 Å². The van der Waals surface area contributed by atoms with E-state index >= 15 is 0 Å². The average Bonchev–Trinajstić information content (AvgIpc) is 2.66. The number of halogens is 6. The summed E-state index contributed by atoms with van der Waals surface area (Å²) in [5, 5.41) is 16.9. The van der Waals surface area contributed by atoms with E-state index < -0.39 is 41.1 Å². The summed E-state index contributed by atoms with van der Waals surface area (Å²) in [6.07, 6.45) is -9.11. The van der Waals surface area contributed by atoms with Gasteiger partial charge in [0.25, 0.3) is 0 Å². The first-order valence-corrected chi connectivity index (χ1v) is 7.74. The number of benzene rings is 1. The van der Waals surface area contributed by atoms with Gasteiger partial charge in [-0.05, 0) is 24.3 Å². The molecule has 0 aliphatic carbocycles. The largest absolute Gasteiger partial charge is 0.492 e. The van der Waals surface area contributed by atoms with Crippen LogP contribution in [0.25, 0.3) is 11.4 Å². The maximum Gasteiger partial charge on any atom is 0.435 e. The minimum atomic E-state index is -5.04. The van der Waals surface area contributed by atoms with Crippen molar-refractivity contribution in [3.05, 3.63) is 60.0 Å². The Labute approximate surface area is 158 Å². The van der Waals surface area contributed by atoms with Gasteiger partial charge in [-0.25, -0.2) is 4.98 Å². The standard InChI is InChI=1S/C17H9F6N5O/c18-16(19,20)11-7-6-9(8-24-11)14-25-13(17(21,22)23)12(15(29)26-14)28-27-10-4-2-1-3-5-10/h1-8H,(H,25,26,29)/b28-27+. The van der Waals surface area contributed by atoms with Crippen LogP contribution in [0.5, 0.6) is 5.88 Å². The quantitative estimate of drug-likeness (QED) is 0.441. The van der Waals surface area contributed by atoms with Crippen LogP contribution in [0, 0.1) is 0 Å². The van der Waals surface area contributed by atoms with Crippen LogP contribution in [0.2, 0.25) is 0 Å². The van der Waals surface area contributed by atoms with Crippen LogP contribution in [0.1, 0.15) is 11.4 Å². The second-order valence-electron chi connectivity index (χ2n) is 5.53. The molecule has 0 fully saturated rings. The third-order valence-corrected chi connectivity index (χ3v) is 3.47. The molecule has 0 amide bonds. The molecule has 0 saturated carbocycles. The summed E-state index contributed by atoms with van der Waals surface area (Å²) in [6.45, 7) is 0. The molecular weight excluding hydrogens is 404 g/mol. The molecule has 3 rings (SSSR count). The number of aromatic nitrogens is 3. The molecular formula is C17H9F6N5O. The number of azo groups is 1. The number of pyridine rings is 1. The summed E-state index contributed by atoms with van der Waals surface area (Å²) in [5.41, 5.74) is -3.90. The summed E-state index contributed by atoms with van der Waals surface area (Å²) in [7, 11) is 0. The second-order valence-corrected chi connectivity index (χ2v) is 5.53. The number of aromatic hydroxyl groups is 1. The zero-order valence-electron chi connectivity index (χ0n) is 14.1. The van der Waals surface area contributed by atoms with Crippen molar-refractivity contribution in [2.75, 3.05) is 0 Å². The Morgan fingerprint density at radius 1 is 0.793 bits per heavy atom. The van der Waals surface area contributed by atoms with Crippen LogP contribution in [-0.2, 0) is 12.4 Å². The smallest absolute Gasteiger partial charge is 0.435 e. The van der Waals surface area contributed by atoms with Gasteiger partial charge in [-0.2, -0.15) is 36.4 Å². The van der Waals surface area contributed by atoms with Crippen LogP contribution < -0.4 is 0 Å². The van der Waals surface area contributed by atoms with E-state index in [4.69, 9.17) is 0 Å². The molecule has 0 aliphatic heterocycles. The molecule has 0 aliphatic rings. The molecule has 1 aromatic carbocycles. The molecule has 0 saturated heterocycles. The van der Waals surface area contributed by atoms with Crippen LogP contribution >= 0.6 is 0 Å². The Balaban J connectivity index is 2.06. The Morgan fingerprint density at radius 2 is 1.48 bits per heavy atom. The highest BCUT2D eigenvalue weighted by Gasteiger charge is 2.39. The Morgan fingerprint density at radius 3 is 2.03 bits per heavy atom. The van der Waals surface area contributed by atoms with E-state index in [2.05, 4.69) is 25.2 Å². The van der Waals surface area contributed by atoms with Crippen LogP contribution in [0.15, 0.2) is 58.9 Å². The molecule has 2 aromatic heterocycles. The first kappa shape index (κ1) is 20.2. The predicted octanol–water partition coefficient (Wildman–Crippen LogP) is 5.70. The van der Waals surface area contributed by atoms with Crippen LogP contribution in [0.4, 0.5) is 37.7 Å². The lowest BCUT2D eigenvalue weighted by molar-refractivity contribution is -0.141. The fourth-order valence-electron chi connectivity index (χ4n) is 2.16. The maximum atomic E-state index is 13.4. The van der Waals surface area contributed by atoms with E-state index in [1.54, 1.807) is 18.2 Å². The summed E-state index contributed by atoms with van der Waals surface area (Å²) in [5.74, 6) is -1.81. The maximum absolute atomic E-state index is 13.4. The molecule has 1 N–H and O–H groups in total. The van der Waals surface area contributed by atoms with Crippen molar-refractivity contribution in [2.45, 2.75) is 12.4 Å². The third-order valence-electron chi connectivity index (χ3n) is 3.47. The highest BCUT2D eigenvalue weighted by atomic mass is 19.4. The number of nitrogens with zero attached hydrogens (tertiary/aromatic N) is 5. The van der Waals surface area contributed by atoms with Gasteiger partial charge in [0.15, 0.2) is 17.2 Å². The van der Waals surface area contributed by atoms with E-state index in [1.807, 2.05) is 0 Å². The lowest BCUT2D eigenvalue weighted by atomic mass is 10.2. The average molecular weight is 413 g/mol. The van der Waals surface area contributed by atoms with Crippen molar-refractivity contribution in [3.8, 4) is 17.3 Å². The molecule has 0 bridgehead atoms. The Bertz CT molecular complexity index is 1030. The number of rotatable bonds is 3. The minimum Gasteiger partial charge on any atom is -0.492 e. The molecule has 0 unspecified atom stereocenters. The number of hydrogen-bond donors (Lipinski definition) is 1. The summed E-state index contributed by atoms with van der Waals surface area (Å²) in [4.78, 5) is 9.94. The van der Waals surface area contributed by atoms with Crippen molar-refractivity contribution >= 4 is 11.4 Å². The normalized spacial score (nSPS) is 12.5. The van der Waals surface area contributed by atoms with Gasteiger partial charge < -0.3 is 5.11 Å². The summed E-state index contributed by atoms with van der Waals surface area (Å²) in [6, 6.07) is 9.16.